The van der Waals surface area contributed by atoms with E-state index in [0.29, 0.717) is 0 Å². The van der Waals surface area contributed by atoms with Gasteiger partial charge in [-0.1, -0.05) is 0 Å². The zero-order valence-electron chi connectivity index (χ0n) is 8.81. The summed E-state index contributed by atoms with van der Waals surface area (Å²) in [7, 11) is 0. The molecule has 1 saturated heterocycles. The van der Waals surface area contributed by atoms with Gasteiger partial charge in [-0.25, -0.2) is 0 Å². The van der Waals surface area contributed by atoms with Crippen LogP contribution in [0.25, 0.3) is 11.5 Å². The first kappa shape index (κ1) is 9.41. The van der Waals surface area contributed by atoms with Gasteiger partial charge in [-0.3, -0.25) is 5.10 Å². The van der Waals surface area contributed by atoms with Crippen molar-refractivity contribution in [1.29, 1.82) is 0 Å². The average molecular weight is 219 g/mol. The Kier molecular flexibility index (Phi) is 2.34. The highest BCUT2D eigenvalue weighted by atomic mass is 16.5. The van der Waals surface area contributed by atoms with Crippen molar-refractivity contribution in [2.75, 3.05) is 31.2 Å². The molecule has 0 bridgehead atoms. The van der Waals surface area contributed by atoms with E-state index in [4.69, 9.17) is 4.74 Å². The first-order valence-electron chi connectivity index (χ1n) is 5.32. The summed E-state index contributed by atoms with van der Waals surface area (Å²) >= 11 is 0. The fourth-order valence-electron chi connectivity index (χ4n) is 1.76. The van der Waals surface area contributed by atoms with Gasteiger partial charge in [0.05, 0.1) is 18.9 Å². The van der Waals surface area contributed by atoms with E-state index in [1.54, 1.807) is 0 Å². The maximum absolute atomic E-state index is 5.29. The van der Waals surface area contributed by atoms with E-state index in [1.165, 1.54) is 0 Å². The Morgan fingerprint density at radius 3 is 2.94 bits per heavy atom. The molecule has 0 amide bonds. The number of rotatable bonds is 2. The second-order valence-electron chi connectivity index (χ2n) is 3.67. The molecule has 2 N–H and O–H groups in total. The summed E-state index contributed by atoms with van der Waals surface area (Å²) in [6, 6.07) is 3.90. The van der Waals surface area contributed by atoms with Crippen LogP contribution in [0.5, 0.6) is 0 Å². The molecule has 6 nitrogen and oxygen atoms in total. The average Bonchev–Trinajstić information content (AvgIpc) is 3.01. The standard InChI is InChI=1S/C10H13N5O/c1-2-8(11-3-1)9-12-10(14-13-9)15-4-6-16-7-5-15/h1-3,11H,4-7H2,(H,12,13,14). The molecule has 0 radical (unpaired) electrons. The number of ether oxygens (including phenoxy) is 1. The Hall–Kier alpha value is -1.82. The third-order valence-electron chi connectivity index (χ3n) is 2.62. The minimum Gasteiger partial charge on any atom is -0.378 e. The van der Waals surface area contributed by atoms with Crippen LogP contribution < -0.4 is 4.90 Å². The summed E-state index contributed by atoms with van der Waals surface area (Å²) in [4.78, 5) is 9.66. The number of hydrogen-bond acceptors (Lipinski definition) is 4. The van der Waals surface area contributed by atoms with Crippen LogP contribution in [0.1, 0.15) is 0 Å². The van der Waals surface area contributed by atoms with Crippen LogP contribution in [-0.2, 0) is 4.74 Å². The monoisotopic (exact) mass is 219 g/mol. The lowest BCUT2D eigenvalue weighted by atomic mass is 10.4. The van der Waals surface area contributed by atoms with Crippen LogP contribution in [0.4, 0.5) is 5.95 Å². The van der Waals surface area contributed by atoms with Crippen LogP contribution in [0, 0.1) is 0 Å². The van der Waals surface area contributed by atoms with Crippen molar-refractivity contribution in [2.24, 2.45) is 0 Å². The van der Waals surface area contributed by atoms with Crippen molar-refractivity contribution in [1.82, 2.24) is 20.2 Å². The number of nitrogens with one attached hydrogen (secondary N) is 2. The second kappa shape index (κ2) is 3.97. The minimum absolute atomic E-state index is 0.742. The van der Waals surface area contributed by atoms with Crippen LogP contribution in [0.2, 0.25) is 0 Å². The predicted molar refractivity (Wildman–Crippen MR) is 59.2 cm³/mol. The largest absolute Gasteiger partial charge is 0.378 e. The molecule has 0 spiro atoms. The molecule has 2 aromatic rings. The lowest BCUT2D eigenvalue weighted by Crippen LogP contribution is -2.36. The van der Waals surface area contributed by atoms with E-state index >= 15 is 0 Å². The molecule has 1 aliphatic heterocycles. The summed E-state index contributed by atoms with van der Waals surface area (Å²) in [5.74, 6) is 1.51. The third kappa shape index (κ3) is 1.67. The maximum atomic E-state index is 5.29. The normalized spacial score (nSPS) is 16.6. The quantitative estimate of drug-likeness (QED) is 0.777. The fraction of sp³-hybridized carbons (Fsp3) is 0.400. The molecular weight excluding hydrogens is 206 g/mol. The van der Waals surface area contributed by atoms with E-state index in [0.717, 1.165) is 43.8 Å². The molecule has 0 aromatic carbocycles. The van der Waals surface area contributed by atoms with Crippen molar-refractivity contribution in [3.8, 4) is 11.5 Å². The minimum atomic E-state index is 0.742. The maximum Gasteiger partial charge on any atom is 0.245 e. The smallest absolute Gasteiger partial charge is 0.245 e. The van der Waals surface area contributed by atoms with Crippen molar-refractivity contribution in [3.63, 3.8) is 0 Å². The van der Waals surface area contributed by atoms with Gasteiger partial charge in [0.2, 0.25) is 5.95 Å². The van der Waals surface area contributed by atoms with Crippen LogP contribution in [0.3, 0.4) is 0 Å². The number of morpholine rings is 1. The van der Waals surface area contributed by atoms with Gasteiger partial charge in [0, 0.05) is 19.3 Å². The summed E-state index contributed by atoms with van der Waals surface area (Å²) < 4.78 is 5.29. The van der Waals surface area contributed by atoms with E-state index in [1.807, 2.05) is 18.3 Å². The molecule has 0 saturated carbocycles. The Morgan fingerprint density at radius 1 is 1.31 bits per heavy atom. The fourth-order valence-corrected chi connectivity index (χ4v) is 1.76. The van der Waals surface area contributed by atoms with E-state index in [-0.39, 0.29) is 0 Å². The molecule has 6 heteroatoms. The number of anilines is 1. The Balaban J connectivity index is 1.82. The van der Waals surface area contributed by atoms with E-state index in [2.05, 4.69) is 25.1 Å². The summed E-state index contributed by atoms with van der Waals surface area (Å²) in [5, 5.41) is 7.14. The zero-order valence-corrected chi connectivity index (χ0v) is 8.81. The highest BCUT2D eigenvalue weighted by Gasteiger charge is 2.16. The lowest BCUT2D eigenvalue weighted by Gasteiger charge is -2.25. The van der Waals surface area contributed by atoms with Crippen molar-refractivity contribution >= 4 is 5.95 Å². The number of nitrogens with zero attached hydrogens (tertiary/aromatic N) is 3. The number of H-pyrrole nitrogens is 2. The third-order valence-corrected chi connectivity index (χ3v) is 2.62. The second-order valence-corrected chi connectivity index (χ2v) is 3.67. The first-order valence-corrected chi connectivity index (χ1v) is 5.32. The van der Waals surface area contributed by atoms with Gasteiger partial charge in [-0.15, -0.1) is 5.10 Å². The van der Waals surface area contributed by atoms with Crippen LogP contribution in [0.15, 0.2) is 18.3 Å². The molecule has 0 atom stereocenters. The highest BCUT2D eigenvalue weighted by molar-refractivity contribution is 5.51. The topological polar surface area (TPSA) is 69.8 Å². The van der Waals surface area contributed by atoms with Gasteiger partial charge >= 0.3 is 0 Å². The number of aromatic nitrogens is 4. The lowest BCUT2D eigenvalue weighted by molar-refractivity contribution is 0.122. The van der Waals surface area contributed by atoms with E-state index in [9.17, 15) is 0 Å². The Bertz CT molecular complexity index is 443. The van der Waals surface area contributed by atoms with Gasteiger partial charge in [-0.2, -0.15) is 4.98 Å². The molecule has 3 heterocycles. The Labute approximate surface area is 92.6 Å². The van der Waals surface area contributed by atoms with E-state index < -0.39 is 0 Å². The number of aromatic amines is 2. The van der Waals surface area contributed by atoms with Gasteiger partial charge in [0.15, 0.2) is 5.82 Å². The first-order chi connectivity index (χ1) is 7.93. The van der Waals surface area contributed by atoms with Gasteiger partial charge in [0.25, 0.3) is 0 Å². The van der Waals surface area contributed by atoms with Gasteiger partial charge in [-0.05, 0) is 12.1 Å². The van der Waals surface area contributed by atoms with Crippen LogP contribution >= 0.6 is 0 Å². The van der Waals surface area contributed by atoms with Crippen molar-refractivity contribution in [3.05, 3.63) is 18.3 Å². The molecular formula is C10H13N5O. The molecule has 84 valence electrons. The van der Waals surface area contributed by atoms with Gasteiger partial charge in [0.1, 0.15) is 0 Å². The number of hydrogen-bond donors (Lipinski definition) is 2. The molecule has 1 fully saturated rings. The Morgan fingerprint density at radius 2 is 2.19 bits per heavy atom. The summed E-state index contributed by atoms with van der Waals surface area (Å²) in [6.45, 7) is 3.18. The van der Waals surface area contributed by atoms with Crippen molar-refractivity contribution in [2.45, 2.75) is 0 Å². The molecule has 0 unspecified atom stereocenters. The predicted octanol–water partition coefficient (Wildman–Crippen LogP) is 0.636. The molecule has 16 heavy (non-hydrogen) atoms. The van der Waals surface area contributed by atoms with Crippen LogP contribution in [-0.4, -0.2) is 46.5 Å². The highest BCUT2D eigenvalue weighted by Crippen LogP contribution is 2.16. The SMILES string of the molecule is c1c[nH]c(-c2nc(N3CCOCC3)n[nH]2)c1. The van der Waals surface area contributed by atoms with Crippen molar-refractivity contribution < 1.29 is 4.74 Å². The summed E-state index contributed by atoms with van der Waals surface area (Å²) in [5.41, 5.74) is 0.951. The molecule has 3 rings (SSSR count). The summed E-state index contributed by atoms with van der Waals surface area (Å²) in [6.07, 6.45) is 1.87. The van der Waals surface area contributed by atoms with Gasteiger partial charge < -0.3 is 14.6 Å². The zero-order chi connectivity index (χ0) is 10.8. The molecule has 2 aromatic heterocycles. The molecule has 0 aliphatic carbocycles. The molecule has 1 aliphatic rings.